The Bertz CT molecular complexity index is 931. The Morgan fingerprint density at radius 1 is 0.708 bits per heavy atom. The molecule has 0 aliphatic rings. The minimum atomic E-state index is -1.49. The van der Waals surface area contributed by atoms with Crippen molar-refractivity contribution in [2.45, 2.75) is 6.92 Å². The van der Waals surface area contributed by atoms with Gasteiger partial charge in [0.05, 0.1) is 0 Å². The van der Waals surface area contributed by atoms with Crippen molar-refractivity contribution in [1.29, 1.82) is 0 Å². The summed E-state index contributed by atoms with van der Waals surface area (Å²) in [5, 5.41) is 5.89. The van der Waals surface area contributed by atoms with Gasteiger partial charge in [-0.05, 0) is 23.7 Å². The van der Waals surface area contributed by atoms with Crippen LogP contribution in [0.15, 0.2) is 85.1 Å². The fraction of sp³-hybridized carbons (Fsp3) is 0.0909. The SMILES string of the molecule is Cc1cccc2c1c([SiH](c1ccccc1)c1ccccc1)cn2C. The molecule has 0 bridgehead atoms. The maximum absolute atomic E-state index is 2.36. The van der Waals surface area contributed by atoms with E-state index in [4.69, 9.17) is 0 Å². The highest BCUT2D eigenvalue weighted by Crippen LogP contribution is 2.18. The van der Waals surface area contributed by atoms with Crippen LogP contribution in [-0.4, -0.2) is 13.4 Å². The van der Waals surface area contributed by atoms with Crippen molar-refractivity contribution in [3.8, 4) is 0 Å². The predicted octanol–water partition coefficient (Wildman–Crippen LogP) is 2.74. The number of hydrogen-bond donors (Lipinski definition) is 0. The summed E-state index contributed by atoms with van der Waals surface area (Å²) in [5.74, 6) is 0. The lowest BCUT2D eigenvalue weighted by Gasteiger charge is -2.17. The minimum absolute atomic E-state index is 1.33. The van der Waals surface area contributed by atoms with Crippen molar-refractivity contribution in [3.63, 3.8) is 0 Å². The Hall–Kier alpha value is -2.58. The summed E-state index contributed by atoms with van der Waals surface area (Å²) in [6.07, 6.45) is 2.36. The number of hydrogen-bond acceptors (Lipinski definition) is 0. The molecule has 0 spiro atoms. The molecule has 0 radical (unpaired) electrons. The van der Waals surface area contributed by atoms with Crippen molar-refractivity contribution in [2.24, 2.45) is 7.05 Å². The molecule has 1 nitrogen and oxygen atoms in total. The van der Waals surface area contributed by atoms with Crippen LogP contribution in [-0.2, 0) is 7.05 Å². The zero-order valence-electron chi connectivity index (χ0n) is 14.1. The molecule has 24 heavy (non-hydrogen) atoms. The highest BCUT2D eigenvalue weighted by Gasteiger charge is 2.23. The summed E-state index contributed by atoms with van der Waals surface area (Å²) in [7, 11) is 0.672. The Balaban J connectivity index is 2.02. The van der Waals surface area contributed by atoms with Crippen molar-refractivity contribution in [1.82, 2.24) is 4.57 Å². The van der Waals surface area contributed by atoms with Crippen LogP contribution in [0.1, 0.15) is 5.56 Å². The highest BCUT2D eigenvalue weighted by molar-refractivity contribution is 6.96. The van der Waals surface area contributed by atoms with Gasteiger partial charge in [-0.25, -0.2) is 0 Å². The normalized spacial score (nSPS) is 11.3. The highest BCUT2D eigenvalue weighted by atomic mass is 28.3. The van der Waals surface area contributed by atoms with Gasteiger partial charge in [0.25, 0.3) is 0 Å². The van der Waals surface area contributed by atoms with Crippen LogP contribution in [0, 0.1) is 6.92 Å². The molecule has 1 heterocycles. The third kappa shape index (κ3) is 2.49. The smallest absolute Gasteiger partial charge is 0.135 e. The van der Waals surface area contributed by atoms with Gasteiger partial charge < -0.3 is 4.57 Å². The number of aromatic nitrogens is 1. The Kier molecular flexibility index (Phi) is 3.83. The molecule has 0 aliphatic carbocycles. The van der Waals surface area contributed by atoms with E-state index in [0.29, 0.717) is 0 Å². The fourth-order valence-corrected chi connectivity index (χ4v) is 7.08. The first-order valence-electron chi connectivity index (χ1n) is 8.40. The number of aryl methyl sites for hydroxylation is 2. The molecule has 0 aliphatic heterocycles. The average Bonchev–Trinajstić information content (AvgIpc) is 2.95. The Labute approximate surface area is 144 Å². The lowest BCUT2D eigenvalue weighted by atomic mass is 10.1. The van der Waals surface area contributed by atoms with E-state index < -0.39 is 8.80 Å². The van der Waals surface area contributed by atoms with Gasteiger partial charge in [0.2, 0.25) is 0 Å². The molecular formula is C22H21NSi. The maximum atomic E-state index is 2.36. The van der Waals surface area contributed by atoms with E-state index in [1.54, 1.807) is 0 Å². The third-order valence-corrected chi connectivity index (χ3v) is 7.99. The topological polar surface area (TPSA) is 4.93 Å². The van der Waals surface area contributed by atoms with E-state index >= 15 is 0 Å². The van der Waals surface area contributed by atoms with Gasteiger partial charge in [-0.15, -0.1) is 0 Å². The molecular weight excluding hydrogens is 306 g/mol. The predicted molar refractivity (Wildman–Crippen MR) is 107 cm³/mol. The Morgan fingerprint density at radius 2 is 1.29 bits per heavy atom. The largest absolute Gasteiger partial charge is 0.351 e. The van der Waals surface area contributed by atoms with Crippen LogP contribution in [0.25, 0.3) is 10.9 Å². The lowest BCUT2D eigenvalue weighted by molar-refractivity contribution is 0.972. The molecule has 1 aromatic heterocycles. The van der Waals surface area contributed by atoms with Crippen LogP contribution in [0.5, 0.6) is 0 Å². The van der Waals surface area contributed by atoms with Gasteiger partial charge in [0.1, 0.15) is 8.80 Å². The Morgan fingerprint density at radius 3 is 1.88 bits per heavy atom. The second kappa shape index (κ2) is 6.14. The second-order valence-corrected chi connectivity index (χ2v) is 9.24. The monoisotopic (exact) mass is 327 g/mol. The molecule has 118 valence electrons. The quantitative estimate of drug-likeness (QED) is 0.510. The number of rotatable bonds is 3. The molecule has 0 N–H and O–H groups in total. The van der Waals surface area contributed by atoms with E-state index in [1.165, 1.54) is 32.0 Å². The molecule has 0 fully saturated rings. The van der Waals surface area contributed by atoms with E-state index in [1.807, 2.05) is 0 Å². The van der Waals surface area contributed by atoms with Gasteiger partial charge in [-0.1, -0.05) is 83.2 Å². The van der Waals surface area contributed by atoms with E-state index in [0.717, 1.165) is 0 Å². The number of nitrogens with zero attached hydrogens (tertiary/aromatic N) is 1. The number of benzene rings is 3. The molecule has 3 aromatic carbocycles. The van der Waals surface area contributed by atoms with Crippen LogP contribution in [0.2, 0.25) is 0 Å². The second-order valence-electron chi connectivity index (χ2n) is 6.42. The molecule has 4 rings (SSSR count). The van der Waals surface area contributed by atoms with E-state index in [-0.39, 0.29) is 0 Å². The van der Waals surface area contributed by atoms with Crippen LogP contribution < -0.4 is 15.6 Å². The first-order chi connectivity index (χ1) is 11.8. The summed E-state index contributed by atoms with van der Waals surface area (Å²) >= 11 is 0. The van der Waals surface area contributed by atoms with Crippen LogP contribution in [0.4, 0.5) is 0 Å². The number of fused-ring (bicyclic) bond motifs is 1. The summed E-state index contributed by atoms with van der Waals surface area (Å²) < 4.78 is 2.28. The van der Waals surface area contributed by atoms with Crippen molar-refractivity contribution in [3.05, 3.63) is 90.6 Å². The first-order valence-corrected chi connectivity index (χ1v) is 10.1. The molecule has 0 saturated heterocycles. The fourth-order valence-electron chi connectivity index (χ4n) is 3.73. The minimum Gasteiger partial charge on any atom is -0.351 e. The standard InChI is InChI=1S/C22H21NSi/c1-17-10-9-15-20-22(17)21(16-23(20)2)24(18-11-5-3-6-12-18)19-13-7-4-8-14-19/h3-16,24H,1-2H3. The van der Waals surface area contributed by atoms with Crippen molar-refractivity contribution in [2.75, 3.05) is 0 Å². The molecule has 2 heteroatoms. The summed E-state index contributed by atoms with van der Waals surface area (Å²) in [5.41, 5.74) is 2.70. The first kappa shape index (κ1) is 15.0. The van der Waals surface area contributed by atoms with Crippen molar-refractivity contribution >= 4 is 35.3 Å². The molecule has 0 atom stereocenters. The van der Waals surface area contributed by atoms with Gasteiger partial charge in [-0.3, -0.25) is 0 Å². The average molecular weight is 328 g/mol. The van der Waals surface area contributed by atoms with Crippen molar-refractivity contribution < 1.29 is 0 Å². The van der Waals surface area contributed by atoms with Gasteiger partial charge in [0, 0.05) is 24.1 Å². The van der Waals surface area contributed by atoms with Gasteiger partial charge in [-0.2, -0.15) is 0 Å². The van der Waals surface area contributed by atoms with Crippen LogP contribution in [0.3, 0.4) is 0 Å². The molecule has 0 unspecified atom stereocenters. The molecule has 0 saturated carbocycles. The zero-order chi connectivity index (χ0) is 16.5. The third-order valence-electron chi connectivity index (χ3n) is 4.83. The molecule has 4 aromatic rings. The summed E-state index contributed by atoms with van der Waals surface area (Å²) in [4.78, 5) is 0. The van der Waals surface area contributed by atoms with E-state index in [2.05, 4.69) is 104 Å². The van der Waals surface area contributed by atoms with E-state index in [9.17, 15) is 0 Å². The summed E-state index contributed by atoms with van der Waals surface area (Å²) in [6.45, 7) is 2.23. The summed E-state index contributed by atoms with van der Waals surface area (Å²) in [6, 6.07) is 28.6. The van der Waals surface area contributed by atoms with Gasteiger partial charge >= 0.3 is 0 Å². The van der Waals surface area contributed by atoms with Gasteiger partial charge in [0.15, 0.2) is 0 Å². The van der Waals surface area contributed by atoms with Crippen LogP contribution >= 0.6 is 0 Å². The molecule has 0 amide bonds. The maximum Gasteiger partial charge on any atom is 0.135 e. The zero-order valence-corrected chi connectivity index (χ0v) is 15.3. The lowest BCUT2D eigenvalue weighted by Crippen LogP contribution is -2.51.